The van der Waals surface area contributed by atoms with Crippen LogP contribution in [0.1, 0.15) is 29.2 Å². The van der Waals surface area contributed by atoms with Crippen molar-refractivity contribution >= 4 is 34.9 Å². The Morgan fingerprint density at radius 2 is 2.00 bits per heavy atom. The van der Waals surface area contributed by atoms with Gasteiger partial charge in [-0.15, -0.1) is 0 Å². The van der Waals surface area contributed by atoms with Crippen LogP contribution in [-0.2, 0) is 16.1 Å². The highest BCUT2D eigenvalue weighted by molar-refractivity contribution is 6.31. The molecule has 0 bridgehead atoms. The van der Waals surface area contributed by atoms with E-state index in [-0.39, 0.29) is 18.3 Å². The van der Waals surface area contributed by atoms with Gasteiger partial charge in [0.1, 0.15) is 11.9 Å². The maximum atomic E-state index is 12.7. The lowest BCUT2D eigenvalue weighted by Gasteiger charge is -2.40. The molecule has 3 rings (SSSR count). The number of carbonyl (C=O) groups excluding carboxylic acids is 2. The lowest BCUT2D eigenvalue weighted by Crippen LogP contribution is -2.59. The second-order valence-corrected chi connectivity index (χ2v) is 7.53. The van der Waals surface area contributed by atoms with Gasteiger partial charge in [-0.2, -0.15) is 0 Å². The van der Waals surface area contributed by atoms with E-state index in [0.717, 1.165) is 5.56 Å². The van der Waals surface area contributed by atoms with Gasteiger partial charge in [0.2, 0.25) is 5.91 Å². The first-order chi connectivity index (χ1) is 14.3. The van der Waals surface area contributed by atoms with Crippen molar-refractivity contribution in [3.8, 4) is 0 Å². The topological polar surface area (TPSA) is 132 Å². The second kappa shape index (κ2) is 9.15. The van der Waals surface area contributed by atoms with E-state index in [1.165, 1.54) is 11.0 Å². The molecule has 0 aromatic heterocycles. The number of nitrogens with two attached hydrogens (primary N) is 1. The molecular formula is C21H24ClN5O3. The lowest BCUT2D eigenvalue weighted by molar-refractivity contribution is -0.154. The van der Waals surface area contributed by atoms with Crippen molar-refractivity contribution in [1.29, 1.82) is 5.41 Å². The zero-order valence-electron chi connectivity index (χ0n) is 16.5. The Bertz CT molecular complexity index is 964. The molecule has 1 heterocycles. The number of aliphatic hydroxyl groups excluding tert-OH is 1. The van der Waals surface area contributed by atoms with Gasteiger partial charge in [-0.3, -0.25) is 15.0 Å². The zero-order valence-corrected chi connectivity index (χ0v) is 17.2. The summed E-state index contributed by atoms with van der Waals surface area (Å²) in [7, 11) is 1.72. The molecule has 0 saturated carbocycles. The summed E-state index contributed by atoms with van der Waals surface area (Å²) in [5, 5.41) is 24.0. The molecule has 9 heteroatoms. The number of carbonyl (C=O) groups is 2. The number of benzene rings is 2. The van der Waals surface area contributed by atoms with Crippen LogP contribution >= 0.6 is 11.6 Å². The number of nitrogens with zero attached hydrogens (tertiary/aromatic N) is 1. The first-order valence-corrected chi connectivity index (χ1v) is 9.85. The smallest absolute Gasteiger partial charge is 0.256 e. The molecule has 0 spiro atoms. The summed E-state index contributed by atoms with van der Waals surface area (Å²) in [5.41, 5.74) is 7.94. The second-order valence-electron chi connectivity index (χ2n) is 7.09. The molecule has 158 valence electrons. The molecule has 8 nitrogen and oxygen atoms in total. The third-order valence-corrected chi connectivity index (χ3v) is 5.31. The fourth-order valence-electron chi connectivity index (χ4n) is 3.25. The molecular weight excluding hydrogens is 406 g/mol. The van der Waals surface area contributed by atoms with Crippen LogP contribution in [0.25, 0.3) is 0 Å². The first kappa shape index (κ1) is 21.6. The lowest BCUT2D eigenvalue weighted by atomic mass is 9.98. The summed E-state index contributed by atoms with van der Waals surface area (Å²) in [6.45, 7) is 0.693. The number of nitrogens with one attached hydrogen (secondary N) is 3. The molecule has 2 aromatic carbocycles. The van der Waals surface area contributed by atoms with Crippen molar-refractivity contribution in [3.63, 3.8) is 0 Å². The molecule has 0 unspecified atom stereocenters. The van der Waals surface area contributed by atoms with Crippen molar-refractivity contribution in [2.45, 2.75) is 25.1 Å². The quantitative estimate of drug-likeness (QED) is 0.337. The number of rotatable bonds is 7. The van der Waals surface area contributed by atoms with Crippen molar-refractivity contribution in [3.05, 3.63) is 64.2 Å². The zero-order chi connectivity index (χ0) is 21.8. The van der Waals surface area contributed by atoms with Gasteiger partial charge >= 0.3 is 0 Å². The number of amides is 2. The summed E-state index contributed by atoms with van der Waals surface area (Å²) in [6, 6.07) is 11.2. The van der Waals surface area contributed by atoms with Gasteiger partial charge < -0.3 is 26.4 Å². The number of hydrogen-bond donors (Lipinski definition) is 5. The fraction of sp³-hybridized carbons (Fsp3) is 0.286. The van der Waals surface area contributed by atoms with E-state index in [1.54, 1.807) is 43.4 Å². The average molecular weight is 430 g/mol. The van der Waals surface area contributed by atoms with Gasteiger partial charge in [0.05, 0.1) is 0 Å². The number of halogens is 1. The average Bonchev–Trinajstić information content (AvgIpc) is 2.70. The number of likely N-dealkylation sites (tertiary alicyclic amines) is 1. The van der Waals surface area contributed by atoms with Crippen LogP contribution in [0.4, 0.5) is 5.69 Å². The molecule has 1 aliphatic rings. The highest BCUT2D eigenvalue weighted by Crippen LogP contribution is 2.28. The third-order valence-electron chi connectivity index (χ3n) is 5.10. The van der Waals surface area contributed by atoms with Gasteiger partial charge in [-0.25, -0.2) is 0 Å². The van der Waals surface area contributed by atoms with Gasteiger partial charge in [0, 0.05) is 36.4 Å². The molecule has 2 aromatic rings. The Morgan fingerprint density at radius 3 is 2.57 bits per heavy atom. The Morgan fingerprint density at radius 1 is 1.30 bits per heavy atom. The number of nitrogen functional groups attached to an aromatic ring is 1. The monoisotopic (exact) mass is 429 g/mol. The SMILES string of the molecule is CNc1cc(Cl)cc([C@@H](O)C(=O)N2CC[C@H]2C(=O)NCc2ccc(C(=N)N)cc2)c1. The molecule has 6 N–H and O–H groups in total. The minimum Gasteiger partial charge on any atom is -0.388 e. The van der Waals surface area contributed by atoms with Crippen molar-refractivity contribution in [2.75, 3.05) is 18.9 Å². The van der Waals surface area contributed by atoms with E-state index in [1.807, 2.05) is 0 Å². The highest BCUT2D eigenvalue weighted by atomic mass is 35.5. The Balaban J connectivity index is 1.60. The molecule has 2 atom stereocenters. The maximum absolute atomic E-state index is 12.7. The number of anilines is 1. The molecule has 1 saturated heterocycles. The molecule has 0 radical (unpaired) electrons. The Labute approximate surface area is 179 Å². The van der Waals surface area contributed by atoms with E-state index in [9.17, 15) is 14.7 Å². The van der Waals surface area contributed by atoms with Gasteiger partial charge in [-0.1, -0.05) is 35.9 Å². The highest BCUT2D eigenvalue weighted by Gasteiger charge is 2.40. The largest absolute Gasteiger partial charge is 0.388 e. The molecule has 30 heavy (non-hydrogen) atoms. The van der Waals surface area contributed by atoms with E-state index in [2.05, 4.69) is 10.6 Å². The normalized spacial score (nSPS) is 16.4. The van der Waals surface area contributed by atoms with Gasteiger partial charge in [0.15, 0.2) is 6.10 Å². The van der Waals surface area contributed by atoms with E-state index in [4.69, 9.17) is 22.7 Å². The van der Waals surface area contributed by atoms with E-state index >= 15 is 0 Å². The van der Waals surface area contributed by atoms with Crippen LogP contribution in [0.2, 0.25) is 5.02 Å². The minimum absolute atomic E-state index is 0.0192. The van der Waals surface area contributed by atoms with Crippen LogP contribution in [0.5, 0.6) is 0 Å². The Hall–Kier alpha value is -3.10. The summed E-state index contributed by atoms with van der Waals surface area (Å²) < 4.78 is 0. The molecule has 1 aliphatic heterocycles. The first-order valence-electron chi connectivity index (χ1n) is 9.48. The van der Waals surface area contributed by atoms with Gasteiger partial charge in [-0.05, 0) is 35.7 Å². The summed E-state index contributed by atoms with van der Waals surface area (Å²) in [4.78, 5) is 26.6. The fourth-order valence-corrected chi connectivity index (χ4v) is 3.49. The predicted octanol–water partition coefficient (Wildman–Crippen LogP) is 1.62. The number of hydrogen-bond acceptors (Lipinski definition) is 5. The Kier molecular flexibility index (Phi) is 6.59. The van der Waals surface area contributed by atoms with E-state index < -0.39 is 18.1 Å². The van der Waals surface area contributed by atoms with Crippen molar-refractivity contribution in [2.24, 2.45) is 5.73 Å². The van der Waals surface area contributed by atoms with Crippen molar-refractivity contribution < 1.29 is 14.7 Å². The van der Waals surface area contributed by atoms with Crippen LogP contribution in [-0.4, -0.2) is 47.3 Å². The molecule has 1 fully saturated rings. The standard InChI is InChI=1S/C21H24ClN5O3/c1-25-16-9-14(8-15(22)10-16)18(28)21(30)27-7-6-17(27)20(29)26-11-12-2-4-13(5-3-12)19(23)24/h2-5,8-10,17-18,25,28H,6-7,11H2,1H3,(H3,23,24)(H,26,29)/t17-,18+/m0/s1. The molecule has 0 aliphatic carbocycles. The summed E-state index contributed by atoms with van der Waals surface area (Å²) >= 11 is 6.05. The maximum Gasteiger partial charge on any atom is 0.256 e. The number of aliphatic hydroxyl groups is 1. The predicted molar refractivity (Wildman–Crippen MR) is 115 cm³/mol. The van der Waals surface area contributed by atoms with Crippen molar-refractivity contribution in [1.82, 2.24) is 10.2 Å². The molecule has 2 amide bonds. The van der Waals surface area contributed by atoms with Crippen LogP contribution < -0.4 is 16.4 Å². The van der Waals surface area contributed by atoms with Crippen LogP contribution in [0, 0.1) is 5.41 Å². The van der Waals surface area contributed by atoms with Crippen LogP contribution in [0.15, 0.2) is 42.5 Å². The van der Waals surface area contributed by atoms with Crippen LogP contribution in [0.3, 0.4) is 0 Å². The van der Waals surface area contributed by atoms with E-state index in [0.29, 0.717) is 34.8 Å². The van der Waals surface area contributed by atoms with Gasteiger partial charge in [0.25, 0.3) is 5.91 Å². The number of amidine groups is 1. The minimum atomic E-state index is -1.40. The summed E-state index contributed by atoms with van der Waals surface area (Å²) in [5.74, 6) is -0.828. The third kappa shape index (κ3) is 4.72. The summed E-state index contributed by atoms with van der Waals surface area (Å²) in [6.07, 6.45) is -0.865.